The zero-order chi connectivity index (χ0) is 8.65. The predicted octanol–water partition coefficient (Wildman–Crippen LogP) is 2.83. The van der Waals surface area contributed by atoms with E-state index < -0.39 is 0 Å². The molecule has 1 aromatic rings. The van der Waals surface area contributed by atoms with E-state index in [9.17, 15) is 0 Å². The van der Waals surface area contributed by atoms with Crippen molar-refractivity contribution in [2.75, 3.05) is 12.1 Å². The van der Waals surface area contributed by atoms with E-state index in [4.69, 9.17) is 4.84 Å². The molecule has 0 atom stereocenters. The normalized spacial score (nSPS) is 9.75. The van der Waals surface area contributed by atoms with Gasteiger partial charge in [0.15, 0.2) is 0 Å². The van der Waals surface area contributed by atoms with Crippen molar-refractivity contribution in [2.24, 2.45) is 0 Å². The van der Waals surface area contributed by atoms with Crippen LogP contribution < -0.4 is 5.48 Å². The highest BCUT2D eigenvalue weighted by molar-refractivity contribution is 5.39. The molecule has 1 rings (SSSR count). The number of anilines is 1. The molecule has 2 heteroatoms. The van der Waals surface area contributed by atoms with Crippen LogP contribution in [0.1, 0.15) is 19.8 Å². The zero-order valence-electron chi connectivity index (χ0n) is 7.42. The molecular formula is C10H15NO. The first kappa shape index (κ1) is 9.07. The molecule has 1 N–H and O–H groups in total. The Labute approximate surface area is 73.5 Å². The first-order valence-corrected chi connectivity index (χ1v) is 4.36. The van der Waals surface area contributed by atoms with Crippen LogP contribution >= 0.6 is 0 Å². The number of benzene rings is 1. The highest BCUT2D eigenvalue weighted by Gasteiger charge is 1.87. The quantitative estimate of drug-likeness (QED) is 0.535. The van der Waals surface area contributed by atoms with E-state index in [1.54, 1.807) is 0 Å². The Morgan fingerprint density at radius 2 is 2.00 bits per heavy atom. The van der Waals surface area contributed by atoms with Crippen LogP contribution in [0.3, 0.4) is 0 Å². The van der Waals surface area contributed by atoms with E-state index in [1.165, 1.54) is 0 Å². The first-order chi connectivity index (χ1) is 5.93. The van der Waals surface area contributed by atoms with Gasteiger partial charge in [-0.2, -0.15) is 0 Å². The van der Waals surface area contributed by atoms with Crippen molar-refractivity contribution in [3.05, 3.63) is 30.3 Å². The van der Waals surface area contributed by atoms with Crippen molar-refractivity contribution in [2.45, 2.75) is 19.8 Å². The highest BCUT2D eigenvalue weighted by Crippen LogP contribution is 2.04. The number of rotatable bonds is 5. The molecule has 0 fully saturated rings. The summed E-state index contributed by atoms with van der Waals surface area (Å²) in [5, 5.41) is 0. The fraction of sp³-hybridized carbons (Fsp3) is 0.400. The van der Waals surface area contributed by atoms with Gasteiger partial charge in [0.05, 0.1) is 12.3 Å². The van der Waals surface area contributed by atoms with Crippen molar-refractivity contribution < 1.29 is 4.84 Å². The van der Waals surface area contributed by atoms with Crippen molar-refractivity contribution in [1.82, 2.24) is 0 Å². The molecule has 0 aliphatic heterocycles. The van der Waals surface area contributed by atoms with Crippen molar-refractivity contribution >= 4 is 5.69 Å². The lowest BCUT2D eigenvalue weighted by atomic mass is 10.3. The molecule has 0 aliphatic carbocycles. The molecule has 1 aromatic carbocycles. The van der Waals surface area contributed by atoms with Crippen LogP contribution in [0, 0.1) is 0 Å². The maximum atomic E-state index is 5.21. The van der Waals surface area contributed by atoms with Crippen LogP contribution in [0.4, 0.5) is 5.69 Å². The molecule has 0 radical (unpaired) electrons. The average molecular weight is 165 g/mol. The van der Waals surface area contributed by atoms with Crippen LogP contribution in [0.5, 0.6) is 0 Å². The maximum absolute atomic E-state index is 5.21. The number of hydrogen-bond acceptors (Lipinski definition) is 2. The van der Waals surface area contributed by atoms with Gasteiger partial charge in [-0.05, 0) is 18.6 Å². The third-order valence-electron chi connectivity index (χ3n) is 1.56. The summed E-state index contributed by atoms with van der Waals surface area (Å²) in [7, 11) is 0. The molecule has 0 bridgehead atoms. The molecule has 0 heterocycles. The van der Waals surface area contributed by atoms with Gasteiger partial charge in [0, 0.05) is 0 Å². The fourth-order valence-corrected chi connectivity index (χ4v) is 0.857. The van der Waals surface area contributed by atoms with Crippen molar-refractivity contribution in [3.8, 4) is 0 Å². The smallest absolute Gasteiger partial charge is 0.0745 e. The Morgan fingerprint density at radius 1 is 1.25 bits per heavy atom. The van der Waals surface area contributed by atoms with Gasteiger partial charge in [-0.3, -0.25) is 10.3 Å². The van der Waals surface area contributed by atoms with E-state index >= 15 is 0 Å². The molecule has 0 aromatic heterocycles. The Kier molecular flexibility index (Phi) is 4.24. The topological polar surface area (TPSA) is 21.3 Å². The van der Waals surface area contributed by atoms with Crippen LogP contribution in [0.25, 0.3) is 0 Å². The van der Waals surface area contributed by atoms with Crippen LogP contribution in [0.15, 0.2) is 30.3 Å². The summed E-state index contributed by atoms with van der Waals surface area (Å²) in [6.45, 7) is 2.91. The number of para-hydroxylation sites is 1. The SMILES string of the molecule is CCCCONc1ccccc1. The van der Waals surface area contributed by atoms with Gasteiger partial charge in [0.25, 0.3) is 0 Å². The minimum Gasteiger partial charge on any atom is -0.276 e. The molecular weight excluding hydrogens is 150 g/mol. The van der Waals surface area contributed by atoms with Crippen molar-refractivity contribution in [1.29, 1.82) is 0 Å². The summed E-state index contributed by atoms with van der Waals surface area (Å²) in [6.07, 6.45) is 2.26. The maximum Gasteiger partial charge on any atom is 0.0745 e. The van der Waals surface area contributed by atoms with Crippen LogP contribution in [0.2, 0.25) is 0 Å². The Hall–Kier alpha value is -1.02. The summed E-state index contributed by atoms with van der Waals surface area (Å²) in [6, 6.07) is 9.89. The second kappa shape index (κ2) is 5.61. The summed E-state index contributed by atoms with van der Waals surface area (Å²) < 4.78 is 0. The van der Waals surface area contributed by atoms with Gasteiger partial charge >= 0.3 is 0 Å². The number of nitrogens with one attached hydrogen (secondary N) is 1. The summed E-state index contributed by atoms with van der Waals surface area (Å²) in [4.78, 5) is 5.21. The van der Waals surface area contributed by atoms with E-state index in [0.717, 1.165) is 25.1 Å². The number of unbranched alkanes of at least 4 members (excludes halogenated alkanes) is 1. The van der Waals surface area contributed by atoms with Crippen molar-refractivity contribution in [3.63, 3.8) is 0 Å². The van der Waals surface area contributed by atoms with E-state index in [0.29, 0.717) is 0 Å². The molecule has 66 valence electrons. The molecule has 0 spiro atoms. The fourth-order valence-electron chi connectivity index (χ4n) is 0.857. The van der Waals surface area contributed by atoms with E-state index in [1.807, 2.05) is 30.3 Å². The highest BCUT2D eigenvalue weighted by atomic mass is 16.6. The standard InChI is InChI=1S/C10H15NO/c1-2-3-9-12-11-10-7-5-4-6-8-10/h4-8,11H,2-3,9H2,1H3. The molecule has 12 heavy (non-hydrogen) atoms. The number of hydrogen-bond donors (Lipinski definition) is 1. The zero-order valence-corrected chi connectivity index (χ0v) is 7.42. The molecule has 0 unspecified atom stereocenters. The van der Waals surface area contributed by atoms with Gasteiger partial charge in [-0.1, -0.05) is 31.5 Å². The van der Waals surface area contributed by atoms with Gasteiger partial charge < -0.3 is 0 Å². The average Bonchev–Trinajstić information content (AvgIpc) is 2.14. The van der Waals surface area contributed by atoms with Gasteiger partial charge in [0.1, 0.15) is 0 Å². The summed E-state index contributed by atoms with van der Waals surface area (Å²) >= 11 is 0. The second-order valence-electron chi connectivity index (χ2n) is 2.67. The molecule has 0 amide bonds. The molecule has 0 saturated carbocycles. The lowest BCUT2D eigenvalue weighted by molar-refractivity contribution is 0.189. The van der Waals surface area contributed by atoms with E-state index in [2.05, 4.69) is 12.4 Å². The Balaban J connectivity index is 2.16. The largest absolute Gasteiger partial charge is 0.276 e. The third kappa shape index (κ3) is 3.39. The molecule has 0 aliphatic rings. The lowest BCUT2D eigenvalue weighted by Gasteiger charge is -2.04. The molecule has 2 nitrogen and oxygen atoms in total. The predicted molar refractivity (Wildman–Crippen MR) is 50.9 cm³/mol. The lowest BCUT2D eigenvalue weighted by Crippen LogP contribution is -2.01. The van der Waals surface area contributed by atoms with Gasteiger partial charge in [-0.15, -0.1) is 0 Å². The van der Waals surface area contributed by atoms with Crippen LogP contribution in [-0.2, 0) is 4.84 Å². The van der Waals surface area contributed by atoms with Crippen LogP contribution in [-0.4, -0.2) is 6.61 Å². The molecule has 0 saturated heterocycles. The summed E-state index contributed by atoms with van der Waals surface area (Å²) in [5.74, 6) is 0. The second-order valence-corrected chi connectivity index (χ2v) is 2.67. The monoisotopic (exact) mass is 165 g/mol. The Morgan fingerprint density at radius 3 is 2.67 bits per heavy atom. The minimum atomic E-state index is 0.769. The van der Waals surface area contributed by atoms with Gasteiger partial charge in [-0.25, -0.2) is 0 Å². The minimum absolute atomic E-state index is 0.769. The van der Waals surface area contributed by atoms with E-state index in [-0.39, 0.29) is 0 Å². The third-order valence-corrected chi connectivity index (χ3v) is 1.56. The van der Waals surface area contributed by atoms with Gasteiger partial charge in [0.2, 0.25) is 0 Å². The summed E-state index contributed by atoms with van der Waals surface area (Å²) in [5.41, 5.74) is 3.89. The Bertz CT molecular complexity index is 198. The first-order valence-electron chi connectivity index (χ1n) is 4.36.